The Hall–Kier alpha value is -9.68. The van der Waals surface area contributed by atoms with Crippen LogP contribution in [0, 0.1) is 0 Å². The van der Waals surface area contributed by atoms with E-state index in [1.54, 1.807) is 21.9 Å². The van der Waals surface area contributed by atoms with Gasteiger partial charge in [-0.05, 0) is 187 Å². The lowest BCUT2D eigenvalue weighted by Gasteiger charge is -2.36. The number of hydrogen-bond donors (Lipinski definition) is 11. The summed E-state index contributed by atoms with van der Waals surface area (Å²) in [5.74, 6) is 5.04. The molecule has 4 amide bonds. The summed E-state index contributed by atoms with van der Waals surface area (Å²) in [6.07, 6.45) is 18.6. The number of nitrogen functional groups attached to an aromatic ring is 3. The van der Waals surface area contributed by atoms with Crippen molar-refractivity contribution in [1.82, 2.24) is 74.8 Å². The van der Waals surface area contributed by atoms with E-state index in [0.717, 1.165) is 214 Å². The third-order valence-electron chi connectivity index (χ3n) is 25.2. The van der Waals surface area contributed by atoms with Crippen LogP contribution in [0.5, 0.6) is 0 Å². The van der Waals surface area contributed by atoms with E-state index < -0.39 is 28.5 Å². The van der Waals surface area contributed by atoms with Crippen molar-refractivity contribution in [1.29, 1.82) is 0 Å². The minimum atomic E-state index is -0.644. The normalized spacial score (nSPS) is 15.9. The molecule has 12 rings (SSSR count). The summed E-state index contributed by atoms with van der Waals surface area (Å²) in [5, 5.41) is 49.7. The second kappa shape index (κ2) is 64.8. The Labute approximate surface area is 882 Å². The number of hydrogen-bond acceptors (Lipinski definition) is 39. The van der Waals surface area contributed by atoms with E-state index in [0.29, 0.717) is 158 Å². The number of ether oxygens (including phenoxy) is 4. The van der Waals surface area contributed by atoms with Gasteiger partial charge in [-0.3, -0.25) is 23.1 Å². The summed E-state index contributed by atoms with van der Waals surface area (Å²) >= 11 is 1.18. The molecule has 826 valence electrons. The van der Waals surface area contributed by atoms with Gasteiger partial charge in [0, 0.05) is 200 Å². The van der Waals surface area contributed by atoms with Crippen molar-refractivity contribution in [3.8, 4) is 0 Å². The van der Waals surface area contributed by atoms with E-state index in [-0.39, 0.29) is 59.3 Å². The fraction of sp³-hybridized carbons (Fsp3) is 0.673. The highest BCUT2D eigenvalue weighted by Gasteiger charge is 2.35. The minimum Gasteiger partial charge on any atom is -0.444 e. The standard InChI is InChI=1S/C37H60N8O8S.C37H60N8O5.C27H44N8O4S.3CH4/c1-36(2,3)50-34(46)44(17-10-18-45(30-11-8-7-9-12-30)35(47)51-37(4,5)6)27-29-15-13-28(14-16-29)26-39-33-40-31(38)25-32(41-33)43-21-19-42(20-22-43)23-24-49-54-53-52-48;1-36(2,3)49-34(47)44(17-10-18-45(30-11-8-7-9-12-30)35(48)50-37(4,5)6)27-29-15-13-28(14-16-29)26-39-33-40-31(38)25-32(41-33)43-21-19-42(20-22-43)23-24-46;28-25-19-26(35-15-13-34(14-16-35)17-18-37-40-39-38-36)33-27(32-25)31-21-23-9-7-22(8-10-23)20-29-11-4-12-30-24-5-2-1-3-6-24;;;/h13-16,25,30,48H,7-12,17-24,26-27H2,1-6H3,(H3,38,39,40,41);13-16,25,30,46H,7-12,17-24,26-27H2,1-6H3,(H3,38,39,40,41);7-10,19,24,29-30,36H,1-6,11-18,20-21H2,(H3,28,31,32,33);3*1H4. The number of carbonyl (C=O) groups excluding carboxylic acids is 4. The first-order valence-electron chi connectivity index (χ1n) is 51.4. The van der Waals surface area contributed by atoms with Gasteiger partial charge in [-0.15, -0.1) is 8.67 Å². The first-order chi connectivity index (χ1) is 69.1. The van der Waals surface area contributed by atoms with Gasteiger partial charge in [0.1, 0.15) is 57.3 Å². The predicted octanol–water partition coefficient (Wildman–Crippen LogP) is 17.1. The molecule has 3 saturated carbocycles. The summed E-state index contributed by atoms with van der Waals surface area (Å²) in [6.45, 7) is 42.8. The van der Waals surface area contributed by atoms with Gasteiger partial charge in [0.2, 0.25) is 17.8 Å². The van der Waals surface area contributed by atoms with Gasteiger partial charge in [-0.2, -0.15) is 29.9 Å². The molecule has 6 fully saturated rings. The molecule has 43 heteroatoms. The minimum absolute atomic E-state index is 0. The Balaban J connectivity index is 0.000000299. The first-order valence-corrected chi connectivity index (χ1v) is 52.7. The smallest absolute Gasteiger partial charge is 0.410 e. The molecule has 6 aliphatic rings. The van der Waals surface area contributed by atoms with Gasteiger partial charge >= 0.3 is 24.4 Å². The van der Waals surface area contributed by atoms with Crippen LogP contribution >= 0.6 is 24.6 Å². The molecule has 14 N–H and O–H groups in total. The number of aliphatic hydroxyl groups excluding tert-OH is 1. The van der Waals surface area contributed by atoms with E-state index in [2.05, 4.69) is 114 Å². The number of carbonyl (C=O) groups is 4. The zero-order chi connectivity index (χ0) is 103. The highest BCUT2D eigenvalue weighted by molar-refractivity contribution is 7.89. The summed E-state index contributed by atoms with van der Waals surface area (Å²) in [4.78, 5) is 101. The second-order valence-electron chi connectivity index (χ2n) is 41.5. The Kier molecular flexibility index (Phi) is 54.7. The van der Waals surface area contributed by atoms with E-state index >= 15 is 0 Å². The maximum atomic E-state index is 13.4. The fourth-order valence-corrected chi connectivity index (χ4v) is 18.3. The van der Waals surface area contributed by atoms with Crippen molar-refractivity contribution in [2.45, 2.75) is 301 Å². The molecule has 3 aliphatic heterocycles. The monoisotopic (exact) mass is 2100 g/mol. The average Bonchev–Trinajstić information content (AvgIpc) is 0.851. The summed E-state index contributed by atoms with van der Waals surface area (Å²) in [6, 6.07) is 31.2. The first kappa shape index (κ1) is 124. The molecule has 41 nitrogen and oxygen atoms in total. The molecule has 3 aromatic carbocycles. The van der Waals surface area contributed by atoms with Crippen LogP contribution in [0.15, 0.2) is 91.0 Å². The number of nitrogens with zero attached hydrogens (tertiary/aromatic N) is 16. The van der Waals surface area contributed by atoms with Crippen LogP contribution in [0.4, 0.5) is 71.9 Å². The van der Waals surface area contributed by atoms with E-state index in [1.807, 2.05) is 147 Å². The van der Waals surface area contributed by atoms with Crippen LogP contribution < -0.4 is 58.5 Å². The zero-order valence-electron chi connectivity index (χ0n) is 87.1. The number of nitrogens with two attached hydrogens (primary N) is 3. The Morgan fingerprint density at radius 3 is 1.01 bits per heavy atom. The molecular formula is C104H176N24O17S2. The summed E-state index contributed by atoms with van der Waals surface area (Å²) < 4.78 is 41.9. The number of β-amino-alcohol motifs (C(OH)–C–C–N with tert-alkyl or cyclic N) is 1. The molecular weight excluding hydrogens is 1920 g/mol. The van der Waals surface area contributed by atoms with E-state index in [9.17, 15) is 24.3 Å². The number of rotatable bonds is 47. The SMILES string of the molecule is C.C.C.CC(C)(C)OC(=O)N(CCCN(C(=O)OC(C)(C)C)C1CCCCC1)Cc1ccc(CNc2nc(N)cc(N3CCN(CCO)CC3)n2)cc1.CC(C)(C)OC(=O)N(CCCN(C(=O)OC(C)(C)C)C1CCCCC1)Cc1ccc(CNc2nc(N)cc(N3CCN(CCOSOOO)CC3)n2)cc1.Nc1cc(N2CCN(CCOSOOO)CC2)nc(NCc2ccc(CNCCCNC3CCCCC3)cc2)n1. The summed E-state index contributed by atoms with van der Waals surface area (Å²) in [5.41, 5.74) is 22.4. The molecule has 6 heterocycles. The average molecular weight is 2100 g/mol. The number of aliphatic hydroxyl groups is 1. The van der Waals surface area contributed by atoms with Gasteiger partial charge in [-0.1, -0.05) is 163 Å². The molecule has 3 aliphatic carbocycles. The third kappa shape index (κ3) is 47.6. The maximum Gasteiger partial charge on any atom is 0.410 e. The second-order valence-corrected chi connectivity index (χ2v) is 42.5. The van der Waals surface area contributed by atoms with Crippen molar-refractivity contribution in [2.24, 2.45) is 0 Å². The van der Waals surface area contributed by atoms with Crippen LogP contribution in [0.2, 0.25) is 0 Å². The van der Waals surface area contributed by atoms with Crippen molar-refractivity contribution >= 4 is 102 Å². The number of aromatic nitrogens is 6. The Morgan fingerprint density at radius 1 is 0.388 bits per heavy atom. The van der Waals surface area contributed by atoms with Crippen LogP contribution in [0.1, 0.15) is 254 Å². The van der Waals surface area contributed by atoms with Crippen molar-refractivity contribution < 1.29 is 80.9 Å². The van der Waals surface area contributed by atoms with Crippen molar-refractivity contribution in [2.75, 3.05) is 205 Å². The highest BCUT2D eigenvalue weighted by atomic mass is 32.2. The van der Waals surface area contributed by atoms with Crippen LogP contribution in [0.3, 0.4) is 0 Å². The Bertz CT molecular complexity index is 4700. The molecule has 0 radical (unpaired) electrons. The molecule has 0 unspecified atom stereocenters. The summed E-state index contributed by atoms with van der Waals surface area (Å²) in [7, 11) is 0. The molecule has 147 heavy (non-hydrogen) atoms. The topological polar surface area (TPSA) is 469 Å². The van der Waals surface area contributed by atoms with Gasteiger partial charge in [-0.25, -0.2) is 29.7 Å². The molecule has 3 saturated heterocycles. The predicted molar refractivity (Wildman–Crippen MR) is 584 cm³/mol. The van der Waals surface area contributed by atoms with Crippen LogP contribution in [-0.4, -0.2) is 302 Å². The number of benzene rings is 3. The largest absolute Gasteiger partial charge is 0.444 e. The number of anilines is 9. The number of nitrogens with one attached hydrogen (secondary N) is 5. The van der Waals surface area contributed by atoms with Crippen molar-refractivity contribution in [3.05, 3.63) is 124 Å². The quantitative estimate of drug-likeness (QED) is 0.00556. The molecule has 0 bridgehead atoms. The van der Waals surface area contributed by atoms with Crippen LogP contribution in [0.25, 0.3) is 0 Å². The number of piperazine rings is 3. The van der Waals surface area contributed by atoms with Gasteiger partial charge in [0.05, 0.1) is 19.8 Å². The maximum absolute atomic E-state index is 13.4. The molecule has 0 atom stereocenters. The van der Waals surface area contributed by atoms with Gasteiger partial charge in [0.15, 0.2) is 24.6 Å². The number of amides is 4. The fourth-order valence-electron chi connectivity index (χ4n) is 17.9. The molecule has 6 aromatic rings. The van der Waals surface area contributed by atoms with Gasteiger partial charge in [0.25, 0.3) is 0 Å². The van der Waals surface area contributed by atoms with Crippen molar-refractivity contribution in [3.63, 3.8) is 0 Å². The van der Waals surface area contributed by atoms with E-state index in [1.165, 1.54) is 50.5 Å². The zero-order valence-corrected chi connectivity index (χ0v) is 88.7. The van der Waals surface area contributed by atoms with Crippen LogP contribution in [-0.2, 0) is 85.3 Å². The highest BCUT2D eigenvalue weighted by Crippen LogP contribution is 2.31. The molecule has 0 spiro atoms. The third-order valence-corrected chi connectivity index (χ3v) is 26.0. The van der Waals surface area contributed by atoms with Gasteiger partial charge < -0.3 is 102 Å². The lowest BCUT2D eigenvalue weighted by molar-refractivity contribution is -0.434. The lowest BCUT2D eigenvalue weighted by Crippen LogP contribution is -2.47. The Morgan fingerprint density at radius 2 is 0.694 bits per heavy atom. The van der Waals surface area contributed by atoms with E-state index in [4.69, 9.17) is 70.0 Å². The lowest BCUT2D eigenvalue weighted by atomic mass is 9.94. The molecule has 3 aromatic heterocycles.